The van der Waals surface area contributed by atoms with Crippen molar-refractivity contribution in [1.29, 1.82) is 0 Å². The number of carbonyl (C=O) groups is 1. The van der Waals surface area contributed by atoms with Gasteiger partial charge in [0.05, 0.1) is 5.92 Å². The summed E-state index contributed by atoms with van der Waals surface area (Å²) in [6.45, 7) is 5.01. The molecule has 2 heteroatoms. The van der Waals surface area contributed by atoms with Crippen molar-refractivity contribution in [3.8, 4) is 0 Å². The second kappa shape index (κ2) is 5.35. The molecular formula is C15H21NO. The topological polar surface area (TPSA) is 29.1 Å². The van der Waals surface area contributed by atoms with E-state index in [1.807, 2.05) is 18.2 Å². The summed E-state index contributed by atoms with van der Waals surface area (Å²) in [6.07, 6.45) is 2.38. The summed E-state index contributed by atoms with van der Waals surface area (Å²) in [7, 11) is 0. The molecule has 0 spiro atoms. The average molecular weight is 231 g/mol. The van der Waals surface area contributed by atoms with Gasteiger partial charge < -0.3 is 5.32 Å². The van der Waals surface area contributed by atoms with Gasteiger partial charge in [-0.25, -0.2) is 0 Å². The molecule has 1 N–H and O–H groups in total. The van der Waals surface area contributed by atoms with Gasteiger partial charge in [-0.2, -0.15) is 0 Å². The van der Waals surface area contributed by atoms with Crippen LogP contribution in [0.2, 0.25) is 0 Å². The summed E-state index contributed by atoms with van der Waals surface area (Å²) in [6, 6.07) is 10.2. The zero-order chi connectivity index (χ0) is 12.3. The molecule has 92 valence electrons. The SMILES string of the molecule is CC(C)CNC(=O)C(c1ccccc1)C1CC1. The smallest absolute Gasteiger partial charge is 0.227 e. The zero-order valence-electron chi connectivity index (χ0n) is 10.6. The molecule has 0 heterocycles. The molecule has 0 bridgehead atoms. The predicted molar refractivity (Wildman–Crippen MR) is 69.8 cm³/mol. The predicted octanol–water partition coefficient (Wildman–Crippen LogP) is 2.95. The molecule has 1 aromatic rings. The molecule has 0 radical (unpaired) electrons. The van der Waals surface area contributed by atoms with E-state index in [0.29, 0.717) is 11.8 Å². The van der Waals surface area contributed by atoms with Gasteiger partial charge in [-0.3, -0.25) is 4.79 Å². The fourth-order valence-corrected chi connectivity index (χ4v) is 2.14. The van der Waals surface area contributed by atoms with E-state index in [1.165, 1.54) is 12.8 Å². The Hall–Kier alpha value is -1.31. The Kier molecular flexibility index (Phi) is 3.82. The highest BCUT2D eigenvalue weighted by Crippen LogP contribution is 2.42. The van der Waals surface area contributed by atoms with Gasteiger partial charge in [0.25, 0.3) is 0 Å². The van der Waals surface area contributed by atoms with E-state index in [9.17, 15) is 4.79 Å². The average Bonchev–Trinajstić information content (AvgIpc) is 3.12. The number of carbonyl (C=O) groups excluding carboxylic acids is 1. The summed E-state index contributed by atoms with van der Waals surface area (Å²) < 4.78 is 0. The quantitative estimate of drug-likeness (QED) is 0.829. The van der Waals surface area contributed by atoms with Crippen LogP contribution in [0.15, 0.2) is 30.3 Å². The fraction of sp³-hybridized carbons (Fsp3) is 0.533. The van der Waals surface area contributed by atoms with Crippen molar-refractivity contribution in [3.05, 3.63) is 35.9 Å². The second-order valence-electron chi connectivity index (χ2n) is 5.36. The van der Waals surface area contributed by atoms with Crippen LogP contribution in [0.3, 0.4) is 0 Å². The van der Waals surface area contributed by atoms with Crippen LogP contribution in [0.25, 0.3) is 0 Å². The molecule has 2 rings (SSSR count). The molecular weight excluding hydrogens is 210 g/mol. The van der Waals surface area contributed by atoms with Gasteiger partial charge >= 0.3 is 0 Å². The Morgan fingerprint density at radius 3 is 2.47 bits per heavy atom. The minimum absolute atomic E-state index is 0.0648. The first-order chi connectivity index (χ1) is 8.18. The summed E-state index contributed by atoms with van der Waals surface area (Å²) >= 11 is 0. The van der Waals surface area contributed by atoms with E-state index in [0.717, 1.165) is 12.1 Å². The molecule has 1 unspecified atom stereocenters. The third-order valence-corrected chi connectivity index (χ3v) is 3.22. The third-order valence-electron chi connectivity index (χ3n) is 3.22. The second-order valence-corrected chi connectivity index (χ2v) is 5.36. The highest BCUT2D eigenvalue weighted by atomic mass is 16.1. The van der Waals surface area contributed by atoms with Crippen molar-refractivity contribution in [3.63, 3.8) is 0 Å². The zero-order valence-corrected chi connectivity index (χ0v) is 10.6. The number of benzene rings is 1. The number of amides is 1. The van der Waals surface area contributed by atoms with E-state index in [-0.39, 0.29) is 11.8 Å². The number of nitrogens with one attached hydrogen (secondary N) is 1. The van der Waals surface area contributed by atoms with Crippen LogP contribution in [-0.2, 0) is 4.79 Å². The molecule has 1 amide bonds. The summed E-state index contributed by atoms with van der Waals surface area (Å²) in [5.41, 5.74) is 1.16. The number of rotatable bonds is 5. The summed E-state index contributed by atoms with van der Waals surface area (Å²) in [5, 5.41) is 3.06. The summed E-state index contributed by atoms with van der Waals surface area (Å²) in [5.74, 6) is 1.33. The van der Waals surface area contributed by atoms with Crippen LogP contribution in [-0.4, -0.2) is 12.5 Å². The van der Waals surface area contributed by atoms with Crippen molar-refractivity contribution in [2.45, 2.75) is 32.6 Å². The van der Waals surface area contributed by atoms with Crippen LogP contribution >= 0.6 is 0 Å². The van der Waals surface area contributed by atoms with Gasteiger partial charge in [0, 0.05) is 6.54 Å². The Bertz CT molecular complexity index is 368. The van der Waals surface area contributed by atoms with Crippen molar-refractivity contribution in [1.82, 2.24) is 5.32 Å². The lowest BCUT2D eigenvalue weighted by Gasteiger charge is -2.17. The van der Waals surface area contributed by atoms with E-state index < -0.39 is 0 Å². The fourth-order valence-electron chi connectivity index (χ4n) is 2.14. The first-order valence-corrected chi connectivity index (χ1v) is 6.51. The van der Waals surface area contributed by atoms with Gasteiger partial charge in [-0.1, -0.05) is 44.2 Å². The monoisotopic (exact) mass is 231 g/mol. The van der Waals surface area contributed by atoms with Crippen LogP contribution in [0.1, 0.15) is 38.2 Å². The van der Waals surface area contributed by atoms with Gasteiger partial charge in [-0.05, 0) is 30.2 Å². The van der Waals surface area contributed by atoms with Crippen LogP contribution < -0.4 is 5.32 Å². The maximum absolute atomic E-state index is 12.2. The van der Waals surface area contributed by atoms with Gasteiger partial charge in [-0.15, -0.1) is 0 Å². The van der Waals surface area contributed by atoms with Crippen LogP contribution in [0.5, 0.6) is 0 Å². The molecule has 17 heavy (non-hydrogen) atoms. The van der Waals surface area contributed by atoms with E-state index in [4.69, 9.17) is 0 Å². The highest BCUT2D eigenvalue weighted by molar-refractivity contribution is 5.84. The van der Waals surface area contributed by atoms with E-state index in [2.05, 4.69) is 31.3 Å². The Labute approximate surface area is 103 Å². The van der Waals surface area contributed by atoms with Crippen molar-refractivity contribution in [2.24, 2.45) is 11.8 Å². The minimum atomic E-state index is 0.0648. The number of hydrogen-bond acceptors (Lipinski definition) is 1. The molecule has 1 aromatic carbocycles. The van der Waals surface area contributed by atoms with Gasteiger partial charge in [0.1, 0.15) is 0 Å². The van der Waals surface area contributed by atoms with Crippen molar-refractivity contribution < 1.29 is 4.79 Å². The first-order valence-electron chi connectivity index (χ1n) is 6.51. The van der Waals surface area contributed by atoms with Gasteiger partial charge in [0.15, 0.2) is 0 Å². The molecule has 1 aliphatic carbocycles. The highest BCUT2D eigenvalue weighted by Gasteiger charge is 2.36. The Morgan fingerprint density at radius 2 is 1.94 bits per heavy atom. The molecule has 1 fully saturated rings. The lowest BCUT2D eigenvalue weighted by molar-refractivity contribution is -0.123. The maximum Gasteiger partial charge on any atom is 0.227 e. The maximum atomic E-state index is 12.2. The molecule has 2 nitrogen and oxygen atoms in total. The number of hydrogen-bond donors (Lipinski definition) is 1. The van der Waals surface area contributed by atoms with Gasteiger partial charge in [0.2, 0.25) is 5.91 Å². The normalized spacial score (nSPS) is 16.9. The lowest BCUT2D eigenvalue weighted by atomic mass is 9.93. The minimum Gasteiger partial charge on any atom is -0.355 e. The van der Waals surface area contributed by atoms with Crippen LogP contribution in [0.4, 0.5) is 0 Å². The molecule has 0 saturated heterocycles. The molecule has 0 aromatic heterocycles. The van der Waals surface area contributed by atoms with E-state index >= 15 is 0 Å². The van der Waals surface area contributed by atoms with E-state index in [1.54, 1.807) is 0 Å². The lowest BCUT2D eigenvalue weighted by Crippen LogP contribution is -2.33. The largest absolute Gasteiger partial charge is 0.355 e. The standard InChI is InChI=1S/C15H21NO/c1-11(2)10-16-15(17)14(13-8-9-13)12-6-4-3-5-7-12/h3-7,11,13-14H,8-10H2,1-2H3,(H,16,17). The molecule has 1 atom stereocenters. The van der Waals surface area contributed by atoms with Crippen molar-refractivity contribution in [2.75, 3.05) is 6.54 Å². The summed E-state index contributed by atoms with van der Waals surface area (Å²) in [4.78, 5) is 12.2. The Morgan fingerprint density at radius 1 is 1.29 bits per heavy atom. The molecule has 1 aliphatic rings. The Balaban J connectivity index is 2.05. The van der Waals surface area contributed by atoms with Crippen LogP contribution in [0, 0.1) is 11.8 Å². The van der Waals surface area contributed by atoms with Crippen molar-refractivity contribution >= 4 is 5.91 Å². The third kappa shape index (κ3) is 3.32. The molecule has 0 aliphatic heterocycles. The molecule has 1 saturated carbocycles. The first kappa shape index (κ1) is 12.2.